The van der Waals surface area contributed by atoms with Crippen LogP contribution in [-0.4, -0.2) is 5.84 Å². The largest absolute Gasteiger partial charge is 0.350 e. The fourth-order valence-corrected chi connectivity index (χ4v) is 10.0. The van der Waals surface area contributed by atoms with E-state index in [9.17, 15) is 0 Å². The van der Waals surface area contributed by atoms with Gasteiger partial charge in [0.25, 0.3) is 0 Å². The number of benzene rings is 8. The number of fused-ring (bicyclic) bond motifs is 12. The summed E-state index contributed by atoms with van der Waals surface area (Å²) in [5.74, 6) is 0.886. The van der Waals surface area contributed by atoms with E-state index in [-0.39, 0.29) is 17.7 Å². The van der Waals surface area contributed by atoms with E-state index < -0.39 is 5.41 Å². The van der Waals surface area contributed by atoms with Gasteiger partial charge in [-0.2, -0.15) is 0 Å². The van der Waals surface area contributed by atoms with Crippen molar-refractivity contribution in [2.75, 3.05) is 0 Å². The van der Waals surface area contributed by atoms with Gasteiger partial charge < -0.3 is 5.32 Å². The first-order chi connectivity index (χ1) is 26.5. The van der Waals surface area contributed by atoms with Crippen LogP contribution in [0.4, 0.5) is 0 Å². The van der Waals surface area contributed by atoms with Crippen LogP contribution in [0.3, 0.4) is 0 Å². The molecule has 8 aromatic rings. The summed E-state index contributed by atoms with van der Waals surface area (Å²) in [4.78, 5) is 5.45. The van der Waals surface area contributed by atoms with Gasteiger partial charge >= 0.3 is 0 Å². The van der Waals surface area contributed by atoms with Crippen LogP contribution in [-0.2, 0) is 10.8 Å². The maximum absolute atomic E-state index is 5.45. The summed E-state index contributed by atoms with van der Waals surface area (Å²) in [6.45, 7) is 4.76. The zero-order chi connectivity index (χ0) is 36.0. The van der Waals surface area contributed by atoms with Crippen LogP contribution in [0, 0.1) is 0 Å². The summed E-state index contributed by atoms with van der Waals surface area (Å²) in [7, 11) is 0. The normalized spacial score (nSPS) is 18.7. The van der Waals surface area contributed by atoms with Crippen LogP contribution < -0.4 is 10.6 Å². The molecule has 11 rings (SSSR count). The molecule has 54 heavy (non-hydrogen) atoms. The Morgan fingerprint density at radius 3 is 1.80 bits per heavy atom. The molecule has 1 heterocycles. The first-order valence-corrected chi connectivity index (χ1v) is 19.0. The van der Waals surface area contributed by atoms with Crippen molar-refractivity contribution in [3.63, 3.8) is 0 Å². The predicted octanol–water partition coefficient (Wildman–Crippen LogP) is 11.3. The Morgan fingerprint density at radius 2 is 1.06 bits per heavy atom. The maximum Gasteiger partial charge on any atom is 0.131 e. The Labute approximate surface area is 316 Å². The molecule has 0 radical (unpaired) electrons. The Morgan fingerprint density at radius 1 is 0.481 bits per heavy atom. The molecule has 258 valence electrons. The molecule has 8 aromatic carbocycles. The van der Waals surface area contributed by atoms with Crippen LogP contribution >= 0.6 is 0 Å². The molecule has 2 unspecified atom stereocenters. The van der Waals surface area contributed by atoms with Gasteiger partial charge in [0.2, 0.25) is 0 Å². The highest BCUT2D eigenvalue weighted by Crippen LogP contribution is 2.62. The van der Waals surface area contributed by atoms with E-state index in [1.165, 1.54) is 71.6 Å². The summed E-state index contributed by atoms with van der Waals surface area (Å²) in [5, 5.41) is 12.8. The molecule has 2 N–H and O–H groups in total. The quantitative estimate of drug-likeness (QED) is 0.181. The van der Waals surface area contributed by atoms with E-state index in [0.29, 0.717) is 0 Å². The van der Waals surface area contributed by atoms with E-state index in [4.69, 9.17) is 4.99 Å². The minimum absolute atomic E-state index is 0.146. The molecular weight excluding hydrogens is 655 g/mol. The van der Waals surface area contributed by atoms with E-state index in [1.807, 2.05) is 0 Å². The molecule has 0 fully saturated rings. The van der Waals surface area contributed by atoms with E-state index in [2.05, 4.69) is 200 Å². The van der Waals surface area contributed by atoms with E-state index in [0.717, 1.165) is 17.0 Å². The fourth-order valence-electron chi connectivity index (χ4n) is 10.0. The van der Waals surface area contributed by atoms with Crippen LogP contribution in [0.25, 0.3) is 32.7 Å². The monoisotopic (exact) mass is 693 g/mol. The number of nitrogens with one attached hydrogen (secondary N) is 2. The highest BCUT2D eigenvalue weighted by Gasteiger charge is 2.53. The SMILES string of the molecule is CC1(C)c2ccccc2C2(c3ccccc3-c3ccc(C4=NC(c5ccccc5)NC(c5cc6ccccc6c6ccccc56)N4)cc32)c2ccccc21. The third-order valence-electron chi connectivity index (χ3n) is 12.4. The lowest BCUT2D eigenvalue weighted by Gasteiger charge is -2.46. The Hall–Kier alpha value is -6.29. The van der Waals surface area contributed by atoms with E-state index in [1.54, 1.807) is 0 Å². The van der Waals surface area contributed by atoms with Crippen LogP contribution in [0.2, 0.25) is 0 Å². The summed E-state index contributed by atoms with van der Waals surface area (Å²) >= 11 is 0. The van der Waals surface area contributed by atoms with Crippen LogP contribution in [0.15, 0.2) is 181 Å². The fraction of sp³-hybridized carbons (Fsp3) is 0.118. The van der Waals surface area contributed by atoms with Gasteiger partial charge in [-0.05, 0) is 89.3 Å². The van der Waals surface area contributed by atoms with Crippen molar-refractivity contribution in [3.05, 3.63) is 226 Å². The van der Waals surface area contributed by atoms with Crippen molar-refractivity contribution in [1.29, 1.82) is 0 Å². The van der Waals surface area contributed by atoms with Gasteiger partial charge in [-0.1, -0.05) is 178 Å². The molecule has 2 aliphatic carbocycles. The van der Waals surface area contributed by atoms with Gasteiger partial charge in [0.15, 0.2) is 0 Å². The van der Waals surface area contributed by atoms with Gasteiger partial charge in [-0.25, -0.2) is 4.99 Å². The van der Waals surface area contributed by atoms with E-state index >= 15 is 0 Å². The molecule has 0 saturated carbocycles. The van der Waals surface area contributed by atoms with Crippen molar-refractivity contribution in [1.82, 2.24) is 10.6 Å². The number of aliphatic imine (C=N–C) groups is 1. The molecule has 1 spiro atoms. The van der Waals surface area contributed by atoms with Crippen LogP contribution in [0.1, 0.15) is 76.3 Å². The second-order valence-corrected chi connectivity index (χ2v) is 15.5. The summed E-state index contributed by atoms with van der Waals surface area (Å²) in [5.41, 5.74) is 13.5. The molecular formula is C51H39N3. The maximum atomic E-state index is 5.45. The minimum atomic E-state index is -0.467. The number of hydrogen-bond donors (Lipinski definition) is 2. The van der Waals surface area contributed by atoms with Gasteiger partial charge in [0.05, 0.1) is 5.41 Å². The minimum Gasteiger partial charge on any atom is -0.350 e. The summed E-state index contributed by atoms with van der Waals surface area (Å²) in [6, 6.07) is 64.8. The number of nitrogens with zero attached hydrogens (tertiary/aromatic N) is 1. The Bertz CT molecular complexity index is 2780. The molecule has 0 saturated heterocycles. The number of hydrogen-bond acceptors (Lipinski definition) is 3. The Kier molecular flexibility index (Phi) is 6.72. The van der Waals surface area contributed by atoms with Crippen molar-refractivity contribution in [2.24, 2.45) is 4.99 Å². The lowest BCUT2D eigenvalue weighted by molar-refractivity contribution is 0.411. The van der Waals surface area contributed by atoms with Crippen molar-refractivity contribution >= 4 is 27.4 Å². The molecule has 3 heteroatoms. The number of rotatable bonds is 3. The average Bonchev–Trinajstić information content (AvgIpc) is 3.53. The lowest BCUT2D eigenvalue weighted by atomic mass is 9.55. The summed E-state index contributed by atoms with van der Waals surface area (Å²) in [6.07, 6.45) is -0.428. The highest BCUT2D eigenvalue weighted by molar-refractivity contribution is 6.09. The molecule has 0 amide bonds. The second-order valence-electron chi connectivity index (χ2n) is 15.5. The third kappa shape index (κ3) is 4.30. The average molecular weight is 694 g/mol. The molecule has 3 aliphatic rings. The molecule has 1 aliphatic heterocycles. The first kappa shape index (κ1) is 31.3. The summed E-state index contributed by atoms with van der Waals surface area (Å²) < 4.78 is 0. The zero-order valence-corrected chi connectivity index (χ0v) is 30.3. The van der Waals surface area contributed by atoms with Gasteiger partial charge in [-0.15, -0.1) is 0 Å². The lowest BCUT2D eigenvalue weighted by Crippen LogP contribution is -2.45. The topological polar surface area (TPSA) is 36.4 Å². The standard InChI is InChI=1S/C51H39N3/c1-50(2)42-24-12-14-26-44(42)51(45-27-15-13-25-43(45)50)41-23-11-10-22-38(41)39-29-28-34(31-46(39)51)48-52-47(32-16-4-3-5-17-32)53-49(54-48)40-30-33-18-6-7-19-35(33)36-20-8-9-21-37(36)40/h3-31,47,49,53H,1-2H3,(H,52,54). The predicted molar refractivity (Wildman–Crippen MR) is 222 cm³/mol. The molecule has 2 atom stereocenters. The number of amidine groups is 1. The van der Waals surface area contributed by atoms with Crippen molar-refractivity contribution in [3.8, 4) is 11.1 Å². The van der Waals surface area contributed by atoms with Crippen molar-refractivity contribution < 1.29 is 0 Å². The van der Waals surface area contributed by atoms with Gasteiger partial charge in [0.1, 0.15) is 18.2 Å². The zero-order valence-electron chi connectivity index (χ0n) is 30.3. The van der Waals surface area contributed by atoms with Gasteiger partial charge in [0, 0.05) is 11.0 Å². The van der Waals surface area contributed by atoms with Crippen molar-refractivity contribution in [2.45, 2.75) is 37.0 Å². The molecule has 0 aromatic heterocycles. The highest BCUT2D eigenvalue weighted by atomic mass is 15.3. The first-order valence-electron chi connectivity index (χ1n) is 19.0. The van der Waals surface area contributed by atoms with Crippen LogP contribution in [0.5, 0.6) is 0 Å². The molecule has 3 nitrogen and oxygen atoms in total. The van der Waals surface area contributed by atoms with Gasteiger partial charge in [-0.3, -0.25) is 5.32 Å². The molecule has 0 bridgehead atoms. The second kappa shape index (κ2) is 11.6. The Balaban J connectivity index is 1.14. The smallest absolute Gasteiger partial charge is 0.131 e. The third-order valence-corrected chi connectivity index (χ3v) is 12.4.